The highest BCUT2D eigenvalue weighted by atomic mass is 16.5. The molecule has 2 fully saturated rings. The van der Waals surface area contributed by atoms with Gasteiger partial charge in [-0.05, 0) is 48.4 Å². The number of β-amino-alcohol motifs (C(OH)–C–C–N with tert-alkyl or cyclic N) is 1. The van der Waals surface area contributed by atoms with Gasteiger partial charge in [-0.2, -0.15) is 5.10 Å². The molecule has 2 aliphatic heterocycles. The van der Waals surface area contributed by atoms with Crippen LogP contribution in [0.4, 0.5) is 10.6 Å². The van der Waals surface area contributed by atoms with E-state index in [1.165, 1.54) is 4.90 Å². The van der Waals surface area contributed by atoms with Crippen molar-refractivity contribution in [3.8, 4) is 5.75 Å². The van der Waals surface area contributed by atoms with Crippen LogP contribution in [0, 0.1) is 0 Å². The van der Waals surface area contributed by atoms with Crippen molar-refractivity contribution in [2.45, 2.75) is 31.4 Å². The zero-order valence-corrected chi connectivity index (χ0v) is 19.4. The quantitative estimate of drug-likeness (QED) is 0.603. The molecule has 34 heavy (non-hydrogen) atoms. The van der Waals surface area contributed by atoms with Crippen LogP contribution in [0.1, 0.15) is 29.9 Å². The van der Waals surface area contributed by atoms with Crippen molar-refractivity contribution >= 4 is 28.7 Å². The lowest BCUT2D eigenvalue weighted by Gasteiger charge is -2.33. The number of ether oxygens (including phenoxy) is 1. The predicted octanol–water partition coefficient (Wildman–Crippen LogP) is 2.38. The first-order chi connectivity index (χ1) is 16.5. The monoisotopic (exact) mass is 463 g/mol. The number of rotatable bonds is 5. The number of methoxy groups -OCH3 is 1. The van der Waals surface area contributed by atoms with Crippen molar-refractivity contribution in [3.63, 3.8) is 0 Å². The van der Waals surface area contributed by atoms with Gasteiger partial charge in [0.05, 0.1) is 25.3 Å². The van der Waals surface area contributed by atoms with Crippen LogP contribution in [0.5, 0.6) is 5.75 Å². The van der Waals surface area contributed by atoms with E-state index in [0.29, 0.717) is 12.4 Å². The van der Waals surface area contributed by atoms with E-state index in [-0.39, 0.29) is 37.4 Å². The second-order valence-electron chi connectivity index (χ2n) is 8.90. The number of anilines is 1. The molecule has 3 amide bonds. The summed E-state index contributed by atoms with van der Waals surface area (Å²) < 4.78 is 6.95. The number of carbonyl (C=O) groups excluding carboxylic acids is 2. The summed E-state index contributed by atoms with van der Waals surface area (Å²) >= 11 is 0. The number of nitrogens with zero attached hydrogens (tertiary/aromatic N) is 4. The topological polar surface area (TPSA) is 99.9 Å². The summed E-state index contributed by atoms with van der Waals surface area (Å²) in [4.78, 5) is 28.9. The Bertz CT molecular complexity index is 1220. The van der Waals surface area contributed by atoms with E-state index in [1.807, 2.05) is 43.4 Å². The minimum absolute atomic E-state index is 0.0678. The van der Waals surface area contributed by atoms with Gasteiger partial charge in [-0.1, -0.05) is 18.2 Å². The van der Waals surface area contributed by atoms with E-state index < -0.39 is 6.10 Å². The van der Waals surface area contributed by atoms with E-state index in [4.69, 9.17) is 4.74 Å². The van der Waals surface area contributed by atoms with Crippen molar-refractivity contribution < 1.29 is 19.4 Å². The molecule has 5 rings (SSSR count). The summed E-state index contributed by atoms with van der Waals surface area (Å²) in [6.45, 7) is 1.94. The average molecular weight is 464 g/mol. The molecule has 3 aromatic rings. The molecule has 178 valence electrons. The van der Waals surface area contributed by atoms with Gasteiger partial charge in [0.15, 0.2) is 5.82 Å². The number of amides is 3. The Kier molecular flexibility index (Phi) is 5.97. The number of aliphatic hydroxyl groups excluding tert-OH is 1. The van der Waals surface area contributed by atoms with Gasteiger partial charge >= 0.3 is 6.03 Å². The Balaban J connectivity index is 1.43. The number of imide groups is 1. The fraction of sp³-hybridized carbons (Fsp3) is 0.400. The van der Waals surface area contributed by atoms with Crippen molar-refractivity contribution in [2.24, 2.45) is 7.05 Å². The molecule has 9 heteroatoms. The Labute approximate surface area is 197 Å². The third kappa shape index (κ3) is 4.01. The number of urea groups is 1. The first-order valence-electron chi connectivity index (χ1n) is 11.6. The van der Waals surface area contributed by atoms with Gasteiger partial charge in [-0.25, -0.2) is 4.79 Å². The number of hydrogen-bond acceptors (Lipinski definition) is 6. The molecule has 0 saturated carbocycles. The molecule has 0 radical (unpaired) electrons. The van der Waals surface area contributed by atoms with Crippen LogP contribution in [0.15, 0.2) is 42.5 Å². The number of fused-ring (bicyclic) bond motifs is 1. The lowest BCUT2D eigenvalue weighted by Crippen LogP contribution is -2.52. The van der Waals surface area contributed by atoms with Gasteiger partial charge in [-0.15, -0.1) is 0 Å². The van der Waals surface area contributed by atoms with E-state index in [1.54, 1.807) is 16.7 Å². The normalized spacial score (nSPS) is 21.4. The molecule has 2 aliphatic rings. The van der Waals surface area contributed by atoms with Gasteiger partial charge in [-0.3, -0.25) is 19.3 Å². The minimum atomic E-state index is -0.430. The maximum absolute atomic E-state index is 13.4. The third-order valence-corrected chi connectivity index (χ3v) is 6.80. The molecule has 2 N–H and O–H groups in total. The zero-order valence-electron chi connectivity index (χ0n) is 19.4. The molecule has 1 aromatic heterocycles. The van der Waals surface area contributed by atoms with Gasteiger partial charge in [0.2, 0.25) is 5.91 Å². The van der Waals surface area contributed by atoms with Crippen LogP contribution >= 0.6 is 0 Å². The molecule has 0 bridgehead atoms. The number of aromatic nitrogens is 2. The Hall–Kier alpha value is -3.43. The molecule has 0 spiro atoms. The smallest absolute Gasteiger partial charge is 0.332 e. The highest BCUT2D eigenvalue weighted by molar-refractivity contribution is 6.08. The summed E-state index contributed by atoms with van der Waals surface area (Å²) in [5.74, 6) is 1.14. The Morgan fingerprint density at radius 3 is 2.71 bits per heavy atom. The average Bonchev–Trinajstić information content (AvgIpc) is 3.18. The molecule has 9 nitrogen and oxygen atoms in total. The lowest BCUT2D eigenvalue weighted by molar-refractivity contribution is -0.129. The van der Waals surface area contributed by atoms with Gasteiger partial charge in [0, 0.05) is 37.9 Å². The van der Waals surface area contributed by atoms with Crippen molar-refractivity contribution in [1.82, 2.24) is 20.0 Å². The molecular formula is C25H29N5O4. The van der Waals surface area contributed by atoms with Crippen LogP contribution < -0.4 is 15.0 Å². The lowest BCUT2D eigenvalue weighted by atomic mass is 9.87. The molecule has 0 unspecified atom stereocenters. The maximum Gasteiger partial charge on any atom is 0.332 e. The number of carbonyl (C=O) groups is 2. The van der Waals surface area contributed by atoms with E-state index in [2.05, 4.69) is 16.5 Å². The van der Waals surface area contributed by atoms with Crippen LogP contribution in [0.3, 0.4) is 0 Å². The Morgan fingerprint density at radius 2 is 1.97 bits per heavy atom. The van der Waals surface area contributed by atoms with Crippen LogP contribution in [0.2, 0.25) is 0 Å². The fourth-order valence-corrected chi connectivity index (χ4v) is 4.87. The largest absolute Gasteiger partial charge is 0.497 e. The number of aliphatic hydroxyl groups is 1. The predicted molar refractivity (Wildman–Crippen MR) is 128 cm³/mol. The first kappa shape index (κ1) is 22.4. The summed E-state index contributed by atoms with van der Waals surface area (Å²) in [5, 5.41) is 19.1. The van der Waals surface area contributed by atoms with Gasteiger partial charge in [0.25, 0.3) is 0 Å². The molecule has 3 heterocycles. The number of piperidine rings is 1. The van der Waals surface area contributed by atoms with E-state index in [0.717, 1.165) is 40.7 Å². The Morgan fingerprint density at radius 1 is 1.18 bits per heavy atom. The van der Waals surface area contributed by atoms with E-state index >= 15 is 0 Å². The number of hydrogen-bond donors (Lipinski definition) is 2. The summed E-state index contributed by atoms with van der Waals surface area (Å²) in [5.41, 5.74) is 2.81. The standard InChI is InChI=1S/C25H29N5O4/c1-28-21-13-17(19-9-11-26-14-22(19)31)5-8-20(21)24(27-28)29-12-10-23(32)30(25(29)33)15-16-3-6-18(34-2)7-4-16/h3-8,13,19,22,26,31H,9-12,14-15H2,1-2H3/t19-,22+/m0/s1. The van der Waals surface area contributed by atoms with Crippen molar-refractivity contribution in [3.05, 3.63) is 53.6 Å². The second kappa shape index (κ2) is 9.08. The number of benzene rings is 2. The highest BCUT2D eigenvalue weighted by Gasteiger charge is 2.35. The van der Waals surface area contributed by atoms with Crippen LogP contribution in [-0.2, 0) is 18.4 Å². The number of aryl methyl sites for hydroxylation is 1. The SMILES string of the molecule is COc1ccc(CN2C(=O)CCN(c3nn(C)c4cc([C@@H]5CCNC[C@H]5O)ccc34)C2=O)cc1. The molecule has 0 aliphatic carbocycles. The highest BCUT2D eigenvalue weighted by Crippen LogP contribution is 2.33. The van der Waals surface area contributed by atoms with Crippen molar-refractivity contribution in [1.29, 1.82) is 0 Å². The van der Waals surface area contributed by atoms with Crippen LogP contribution in [-0.4, -0.2) is 64.6 Å². The maximum atomic E-state index is 13.4. The minimum Gasteiger partial charge on any atom is -0.497 e. The summed E-state index contributed by atoms with van der Waals surface area (Å²) in [7, 11) is 3.45. The van der Waals surface area contributed by atoms with Crippen LogP contribution in [0.25, 0.3) is 10.9 Å². The van der Waals surface area contributed by atoms with E-state index in [9.17, 15) is 14.7 Å². The second-order valence-corrected chi connectivity index (χ2v) is 8.90. The third-order valence-electron chi connectivity index (χ3n) is 6.80. The van der Waals surface area contributed by atoms with Crippen molar-refractivity contribution in [2.75, 3.05) is 31.6 Å². The summed E-state index contributed by atoms with van der Waals surface area (Å²) in [6, 6.07) is 13.0. The molecule has 2 saturated heterocycles. The zero-order chi connectivity index (χ0) is 23.8. The molecule has 2 aromatic carbocycles. The molecular weight excluding hydrogens is 434 g/mol. The summed E-state index contributed by atoms with van der Waals surface area (Å²) in [6.07, 6.45) is 0.670. The fourth-order valence-electron chi connectivity index (χ4n) is 4.87. The molecule has 2 atom stereocenters. The number of nitrogens with one attached hydrogen (secondary N) is 1. The first-order valence-corrected chi connectivity index (χ1v) is 11.6. The van der Waals surface area contributed by atoms with Gasteiger partial charge < -0.3 is 15.2 Å². The van der Waals surface area contributed by atoms with Gasteiger partial charge in [0.1, 0.15) is 5.75 Å².